The first-order valence-corrected chi connectivity index (χ1v) is 17.1. The Morgan fingerprint density at radius 1 is 0.560 bits per heavy atom. The van der Waals surface area contributed by atoms with Crippen LogP contribution in [-0.4, -0.2) is 87.9 Å². The molecule has 50 heavy (non-hydrogen) atoms. The summed E-state index contributed by atoms with van der Waals surface area (Å²) in [6, 6.07) is 13.4. The Labute approximate surface area is 292 Å². The van der Waals surface area contributed by atoms with Crippen molar-refractivity contribution in [1.29, 1.82) is 0 Å². The lowest BCUT2D eigenvalue weighted by Crippen LogP contribution is -2.36. The highest BCUT2D eigenvalue weighted by atomic mass is 16.7. The summed E-state index contributed by atoms with van der Waals surface area (Å²) in [6.45, 7) is 8.81. The number of ether oxygens (including phenoxy) is 8. The van der Waals surface area contributed by atoms with Crippen LogP contribution < -0.4 is 9.47 Å². The number of esters is 4. The normalized spacial score (nSPS) is 19.1. The Kier molecular flexibility index (Phi) is 15.8. The van der Waals surface area contributed by atoms with Crippen LogP contribution in [0.15, 0.2) is 73.8 Å². The van der Waals surface area contributed by atoms with Gasteiger partial charge >= 0.3 is 23.9 Å². The van der Waals surface area contributed by atoms with Crippen LogP contribution in [0.1, 0.15) is 72.1 Å². The van der Waals surface area contributed by atoms with Crippen molar-refractivity contribution in [2.24, 2.45) is 0 Å². The van der Waals surface area contributed by atoms with Crippen molar-refractivity contribution in [2.75, 3.05) is 39.6 Å². The standard InChI is InChI=1S/C38H46O12/c1-3-33(39)45-23-11-7-5-9-21-43-29-17-13-27(14-18-29)37(41)49-31-25-47-36-32(26-48-35(31)36)50-38(42)28-15-19-30(20-16-28)44-22-10-6-8-12-24-46-34(40)4-2/h3-4,13-20,31-32,35-36H,1-2,5-12,21-26H2. The van der Waals surface area contributed by atoms with Gasteiger partial charge in [-0.1, -0.05) is 13.2 Å². The van der Waals surface area contributed by atoms with Gasteiger partial charge in [-0.15, -0.1) is 0 Å². The number of hydrogen-bond acceptors (Lipinski definition) is 12. The van der Waals surface area contributed by atoms with Crippen LogP contribution in [0.5, 0.6) is 11.5 Å². The summed E-state index contributed by atoms with van der Waals surface area (Å²) in [6.07, 6.45) is 6.93. The molecule has 270 valence electrons. The van der Waals surface area contributed by atoms with E-state index in [9.17, 15) is 19.2 Å². The Balaban J connectivity index is 1.10. The van der Waals surface area contributed by atoms with Crippen LogP contribution >= 0.6 is 0 Å². The van der Waals surface area contributed by atoms with Crippen LogP contribution in [-0.2, 0) is 38.0 Å². The maximum absolute atomic E-state index is 12.9. The topological polar surface area (TPSA) is 142 Å². The van der Waals surface area contributed by atoms with Gasteiger partial charge in [-0.2, -0.15) is 0 Å². The molecule has 2 aromatic rings. The van der Waals surface area contributed by atoms with E-state index in [4.69, 9.17) is 37.9 Å². The molecule has 4 unspecified atom stereocenters. The summed E-state index contributed by atoms with van der Waals surface area (Å²) in [4.78, 5) is 47.8. The lowest BCUT2D eigenvalue weighted by Gasteiger charge is -2.17. The summed E-state index contributed by atoms with van der Waals surface area (Å²) in [5.74, 6) is -0.553. The van der Waals surface area contributed by atoms with Crippen LogP contribution in [0.4, 0.5) is 0 Å². The molecule has 12 nitrogen and oxygen atoms in total. The zero-order valence-electron chi connectivity index (χ0n) is 28.3. The van der Waals surface area contributed by atoms with Crippen molar-refractivity contribution in [1.82, 2.24) is 0 Å². The Morgan fingerprint density at radius 2 is 0.920 bits per heavy atom. The third-order valence-electron chi connectivity index (χ3n) is 8.10. The highest BCUT2D eigenvalue weighted by Gasteiger charge is 2.51. The number of rotatable bonds is 22. The van der Waals surface area contributed by atoms with Gasteiger partial charge < -0.3 is 37.9 Å². The predicted octanol–water partition coefficient (Wildman–Crippen LogP) is 5.57. The van der Waals surface area contributed by atoms with Crippen molar-refractivity contribution in [3.05, 3.63) is 85.0 Å². The molecule has 0 bridgehead atoms. The van der Waals surface area contributed by atoms with E-state index in [0.717, 1.165) is 63.5 Å². The quantitative estimate of drug-likeness (QED) is 0.0658. The molecule has 2 fully saturated rings. The molecule has 0 saturated carbocycles. The van der Waals surface area contributed by atoms with Gasteiger partial charge in [0.25, 0.3) is 0 Å². The van der Waals surface area contributed by atoms with E-state index in [0.29, 0.717) is 49.1 Å². The van der Waals surface area contributed by atoms with Crippen molar-refractivity contribution in [2.45, 2.75) is 75.8 Å². The zero-order chi connectivity index (χ0) is 35.6. The molecule has 0 spiro atoms. The van der Waals surface area contributed by atoms with E-state index in [-0.39, 0.29) is 13.2 Å². The average Bonchev–Trinajstić information content (AvgIpc) is 3.73. The van der Waals surface area contributed by atoms with E-state index < -0.39 is 48.3 Å². The lowest BCUT2D eigenvalue weighted by molar-refractivity contribution is -0.138. The summed E-state index contributed by atoms with van der Waals surface area (Å²) >= 11 is 0. The molecule has 2 aliphatic rings. The van der Waals surface area contributed by atoms with E-state index in [1.807, 2.05) is 0 Å². The van der Waals surface area contributed by atoms with E-state index in [1.54, 1.807) is 48.5 Å². The van der Waals surface area contributed by atoms with Gasteiger partial charge in [-0.25, -0.2) is 19.2 Å². The van der Waals surface area contributed by atoms with Crippen molar-refractivity contribution >= 4 is 23.9 Å². The first-order chi connectivity index (χ1) is 24.4. The van der Waals surface area contributed by atoms with Gasteiger partial charge in [-0.3, -0.25) is 0 Å². The molecule has 12 heteroatoms. The predicted molar refractivity (Wildman–Crippen MR) is 181 cm³/mol. The number of benzene rings is 2. The van der Waals surface area contributed by atoms with Crippen LogP contribution in [0, 0.1) is 0 Å². The van der Waals surface area contributed by atoms with Gasteiger partial charge in [-0.05, 0) is 99.9 Å². The third-order valence-corrected chi connectivity index (χ3v) is 8.10. The second-order valence-electron chi connectivity index (χ2n) is 11.8. The van der Waals surface area contributed by atoms with E-state index >= 15 is 0 Å². The summed E-state index contributed by atoms with van der Waals surface area (Å²) < 4.78 is 44.5. The Hall–Kier alpha value is -4.68. The van der Waals surface area contributed by atoms with Gasteiger partial charge in [0.05, 0.1) is 50.8 Å². The molecule has 2 aromatic carbocycles. The SMILES string of the molecule is C=CC(=O)OCCCCCCOc1ccc(C(=O)OC2COC3C(OC(=O)c4ccc(OCCCCCCOC(=O)C=C)cc4)COC23)cc1. The fraction of sp³-hybridized carbons (Fsp3) is 0.474. The van der Waals surface area contributed by atoms with Gasteiger partial charge in [0.1, 0.15) is 23.7 Å². The second-order valence-corrected chi connectivity index (χ2v) is 11.8. The van der Waals surface area contributed by atoms with E-state index in [1.165, 1.54) is 0 Å². The molecule has 0 aliphatic carbocycles. The Bertz CT molecular complexity index is 1300. The average molecular weight is 695 g/mol. The van der Waals surface area contributed by atoms with Gasteiger partial charge in [0.15, 0.2) is 12.2 Å². The van der Waals surface area contributed by atoms with Gasteiger partial charge in [0, 0.05) is 12.2 Å². The first kappa shape index (κ1) is 38.1. The third kappa shape index (κ3) is 12.3. The Morgan fingerprint density at radius 3 is 1.28 bits per heavy atom. The second kappa shape index (κ2) is 20.7. The maximum Gasteiger partial charge on any atom is 0.338 e. The van der Waals surface area contributed by atoms with Crippen LogP contribution in [0.25, 0.3) is 0 Å². The molecule has 4 rings (SSSR count). The molecular formula is C38H46O12. The zero-order valence-corrected chi connectivity index (χ0v) is 28.3. The molecular weight excluding hydrogens is 648 g/mol. The first-order valence-electron chi connectivity index (χ1n) is 17.1. The number of fused-ring (bicyclic) bond motifs is 1. The van der Waals surface area contributed by atoms with Crippen molar-refractivity contribution in [3.63, 3.8) is 0 Å². The minimum atomic E-state index is -0.640. The smallest absolute Gasteiger partial charge is 0.338 e. The molecule has 2 saturated heterocycles. The summed E-state index contributed by atoms with van der Waals surface area (Å²) in [5.41, 5.74) is 0.735. The number of hydrogen-bond donors (Lipinski definition) is 0. The number of carbonyl (C=O) groups is 4. The molecule has 0 N–H and O–H groups in total. The van der Waals surface area contributed by atoms with E-state index in [2.05, 4.69) is 13.2 Å². The molecule has 0 amide bonds. The number of carbonyl (C=O) groups excluding carboxylic acids is 4. The van der Waals surface area contributed by atoms with Crippen molar-refractivity contribution < 1.29 is 57.1 Å². The fourth-order valence-electron chi connectivity index (χ4n) is 5.38. The highest BCUT2D eigenvalue weighted by Crippen LogP contribution is 2.32. The molecule has 0 radical (unpaired) electrons. The van der Waals surface area contributed by atoms with Crippen LogP contribution in [0.3, 0.4) is 0 Å². The molecule has 2 aliphatic heterocycles. The monoisotopic (exact) mass is 694 g/mol. The largest absolute Gasteiger partial charge is 0.494 e. The minimum Gasteiger partial charge on any atom is -0.494 e. The highest BCUT2D eigenvalue weighted by molar-refractivity contribution is 5.90. The molecule has 2 heterocycles. The minimum absolute atomic E-state index is 0.127. The fourth-order valence-corrected chi connectivity index (χ4v) is 5.38. The summed E-state index contributed by atoms with van der Waals surface area (Å²) in [5, 5.41) is 0. The van der Waals surface area contributed by atoms with Gasteiger partial charge in [0.2, 0.25) is 0 Å². The van der Waals surface area contributed by atoms with Crippen LogP contribution in [0.2, 0.25) is 0 Å². The number of unbranched alkanes of at least 4 members (excludes halogenated alkanes) is 6. The maximum atomic E-state index is 12.9. The molecule has 4 atom stereocenters. The molecule has 0 aromatic heterocycles. The lowest BCUT2D eigenvalue weighted by atomic mass is 10.1. The summed E-state index contributed by atoms with van der Waals surface area (Å²) in [7, 11) is 0. The van der Waals surface area contributed by atoms with Crippen molar-refractivity contribution in [3.8, 4) is 11.5 Å².